The number of amides is 1. The molecule has 0 unspecified atom stereocenters. The molecule has 27 heavy (non-hydrogen) atoms. The van der Waals surface area contributed by atoms with E-state index in [2.05, 4.69) is 4.72 Å². The first-order valence-electron chi connectivity index (χ1n) is 7.94. The second kappa shape index (κ2) is 8.63. The number of nitrogens with one attached hydrogen (secondary N) is 1. The normalized spacial score (nSPS) is 10.8. The molecule has 1 amide bonds. The highest BCUT2D eigenvalue weighted by Gasteiger charge is 2.17. The Labute approximate surface area is 158 Å². The van der Waals surface area contributed by atoms with Gasteiger partial charge in [-0.1, -0.05) is 0 Å². The number of carbonyl (C=O) groups is 1. The standard InChI is InChI=1S/C18H22N2O6S/c1-20(2)18(21)12-26-13-5-8-15(9-6-13)27(22,23)19-16-10-7-14(24-3)11-17(16)25-4/h5-11,19H,12H2,1-4H3. The van der Waals surface area contributed by atoms with Gasteiger partial charge in [0.15, 0.2) is 6.61 Å². The molecule has 8 nitrogen and oxygen atoms in total. The van der Waals surface area contributed by atoms with Crippen molar-refractivity contribution in [1.82, 2.24) is 4.90 Å². The number of likely N-dealkylation sites (N-methyl/N-ethyl adjacent to an activating group) is 1. The van der Waals surface area contributed by atoms with Crippen molar-refractivity contribution in [2.45, 2.75) is 4.90 Å². The number of hydrogen-bond acceptors (Lipinski definition) is 6. The summed E-state index contributed by atoms with van der Waals surface area (Å²) in [6.45, 7) is -0.125. The molecule has 0 heterocycles. The fourth-order valence-electron chi connectivity index (χ4n) is 2.08. The van der Waals surface area contributed by atoms with Gasteiger partial charge in [-0.25, -0.2) is 8.42 Å². The van der Waals surface area contributed by atoms with Crippen LogP contribution in [0.3, 0.4) is 0 Å². The van der Waals surface area contributed by atoms with Crippen LogP contribution in [0.1, 0.15) is 0 Å². The molecule has 0 aliphatic rings. The number of methoxy groups -OCH3 is 2. The molecule has 0 saturated carbocycles. The van der Waals surface area contributed by atoms with Crippen molar-refractivity contribution in [2.24, 2.45) is 0 Å². The highest BCUT2D eigenvalue weighted by atomic mass is 32.2. The third-order valence-corrected chi connectivity index (χ3v) is 5.03. The topological polar surface area (TPSA) is 94.2 Å². The van der Waals surface area contributed by atoms with Crippen LogP contribution in [0.2, 0.25) is 0 Å². The maximum absolute atomic E-state index is 12.6. The van der Waals surface area contributed by atoms with Crippen LogP contribution in [0.5, 0.6) is 17.2 Å². The Kier molecular flexibility index (Phi) is 6.51. The van der Waals surface area contributed by atoms with Crippen molar-refractivity contribution in [3.63, 3.8) is 0 Å². The summed E-state index contributed by atoms with van der Waals surface area (Å²) >= 11 is 0. The largest absolute Gasteiger partial charge is 0.497 e. The predicted octanol–water partition coefficient (Wildman–Crippen LogP) is 1.97. The number of nitrogens with zero attached hydrogens (tertiary/aromatic N) is 1. The Morgan fingerprint density at radius 3 is 2.19 bits per heavy atom. The third kappa shape index (κ3) is 5.27. The first kappa shape index (κ1) is 20.4. The Morgan fingerprint density at radius 1 is 1.00 bits per heavy atom. The monoisotopic (exact) mass is 394 g/mol. The van der Waals surface area contributed by atoms with Crippen LogP contribution >= 0.6 is 0 Å². The van der Waals surface area contributed by atoms with Gasteiger partial charge in [0, 0.05) is 20.2 Å². The van der Waals surface area contributed by atoms with E-state index in [0.29, 0.717) is 17.2 Å². The molecule has 0 aromatic heterocycles. The van der Waals surface area contributed by atoms with Gasteiger partial charge in [0.1, 0.15) is 17.2 Å². The summed E-state index contributed by atoms with van der Waals surface area (Å²) < 4.78 is 43.3. The zero-order valence-corrected chi connectivity index (χ0v) is 16.4. The first-order valence-corrected chi connectivity index (χ1v) is 9.43. The Morgan fingerprint density at radius 2 is 1.63 bits per heavy atom. The molecule has 0 bridgehead atoms. The molecule has 1 N–H and O–H groups in total. The van der Waals surface area contributed by atoms with Crippen LogP contribution in [0, 0.1) is 0 Å². The number of sulfonamides is 1. The van der Waals surface area contributed by atoms with Gasteiger partial charge >= 0.3 is 0 Å². The predicted molar refractivity (Wildman–Crippen MR) is 101 cm³/mol. The second-order valence-electron chi connectivity index (χ2n) is 5.72. The third-order valence-electron chi connectivity index (χ3n) is 3.65. The number of ether oxygens (including phenoxy) is 3. The highest BCUT2D eigenvalue weighted by molar-refractivity contribution is 7.92. The van der Waals surface area contributed by atoms with E-state index in [1.54, 1.807) is 32.3 Å². The molecular formula is C18H22N2O6S. The maximum atomic E-state index is 12.6. The molecule has 0 saturated heterocycles. The van der Waals surface area contributed by atoms with Crippen molar-refractivity contribution in [1.29, 1.82) is 0 Å². The van der Waals surface area contributed by atoms with Gasteiger partial charge in [0.2, 0.25) is 0 Å². The average Bonchev–Trinajstić information content (AvgIpc) is 2.66. The number of benzene rings is 2. The van der Waals surface area contributed by atoms with Crippen molar-refractivity contribution in [3.8, 4) is 17.2 Å². The molecule has 0 aliphatic heterocycles. The molecular weight excluding hydrogens is 372 g/mol. The fourth-order valence-corrected chi connectivity index (χ4v) is 3.15. The van der Waals surface area contributed by atoms with Gasteiger partial charge in [-0.05, 0) is 36.4 Å². The Hall–Kier alpha value is -2.94. The lowest BCUT2D eigenvalue weighted by Crippen LogP contribution is -2.27. The van der Waals surface area contributed by atoms with E-state index in [0.717, 1.165) is 0 Å². The summed E-state index contributed by atoms with van der Waals surface area (Å²) in [7, 11) is 2.37. The van der Waals surface area contributed by atoms with Gasteiger partial charge in [-0.15, -0.1) is 0 Å². The minimum Gasteiger partial charge on any atom is -0.497 e. The van der Waals surface area contributed by atoms with Gasteiger partial charge in [0.05, 0.1) is 24.8 Å². The number of carbonyl (C=O) groups excluding carboxylic acids is 1. The van der Waals surface area contributed by atoms with Crippen molar-refractivity contribution in [3.05, 3.63) is 42.5 Å². The minimum atomic E-state index is -3.83. The molecule has 9 heteroatoms. The van der Waals surface area contributed by atoms with Gasteiger partial charge in [0.25, 0.3) is 15.9 Å². The molecule has 2 aromatic carbocycles. The minimum absolute atomic E-state index is 0.0478. The molecule has 0 radical (unpaired) electrons. The maximum Gasteiger partial charge on any atom is 0.262 e. The number of rotatable bonds is 8. The van der Waals surface area contributed by atoms with Crippen LogP contribution in [0.15, 0.2) is 47.4 Å². The molecule has 146 valence electrons. The van der Waals surface area contributed by atoms with E-state index >= 15 is 0 Å². The zero-order valence-electron chi connectivity index (χ0n) is 15.6. The SMILES string of the molecule is COc1ccc(NS(=O)(=O)c2ccc(OCC(=O)N(C)C)cc2)c(OC)c1. The van der Waals surface area contributed by atoms with Crippen molar-refractivity contribution in [2.75, 3.05) is 39.6 Å². The van der Waals surface area contributed by atoms with Gasteiger partial charge in [-0.3, -0.25) is 9.52 Å². The molecule has 0 aliphatic carbocycles. The van der Waals surface area contributed by atoms with Crippen LogP contribution in [0.25, 0.3) is 0 Å². The molecule has 0 atom stereocenters. The quantitative estimate of drug-likeness (QED) is 0.736. The van der Waals surface area contributed by atoms with E-state index in [1.165, 1.54) is 43.4 Å². The van der Waals surface area contributed by atoms with Crippen LogP contribution < -0.4 is 18.9 Å². The molecule has 2 rings (SSSR count). The highest BCUT2D eigenvalue weighted by Crippen LogP contribution is 2.31. The van der Waals surface area contributed by atoms with E-state index in [4.69, 9.17) is 14.2 Å². The number of anilines is 1. The average molecular weight is 394 g/mol. The molecule has 2 aromatic rings. The smallest absolute Gasteiger partial charge is 0.262 e. The molecule has 0 spiro atoms. The first-order chi connectivity index (χ1) is 12.8. The van der Waals surface area contributed by atoms with E-state index < -0.39 is 10.0 Å². The summed E-state index contributed by atoms with van der Waals surface area (Å²) in [6, 6.07) is 10.5. The van der Waals surface area contributed by atoms with Gasteiger partial charge in [-0.2, -0.15) is 0 Å². The van der Waals surface area contributed by atoms with Crippen LogP contribution in [-0.2, 0) is 14.8 Å². The lowest BCUT2D eigenvalue weighted by molar-refractivity contribution is -0.130. The lowest BCUT2D eigenvalue weighted by atomic mass is 10.3. The zero-order chi connectivity index (χ0) is 20.0. The van der Waals surface area contributed by atoms with Crippen molar-refractivity contribution < 1.29 is 27.4 Å². The summed E-state index contributed by atoms with van der Waals surface area (Å²) in [6.07, 6.45) is 0. The fraction of sp³-hybridized carbons (Fsp3) is 0.278. The van der Waals surface area contributed by atoms with E-state index in [9.17, 15) is 13.2 Å². The molecule has 0 fully saturated rings. The van der Waals surface area contributed by atoms with Crippen LogP contribution in [-0.4, -0.2) is 54.1 Å². The van der Waals surface area contributed by atoms with E-state index in [-0.39, 0.29) is 23.1 Å². The summed E-state index contributed by atoms with van der Waals surface area (Å²) in [5.74, 6) is 1.08. The lowest BCUT2D eigenvalue weighted by Gasteiger charge is -2.14. The summed E-state index contributed by atoms with van der Waals surface area (Å²) in [5, 5.41) is 0. The number of hydrogen-bond donors (Lipinski definition) is 1. The van der Waals surface area contributed by atoms with Gasteiger partial charge < -0.3 is 19.1 Å². The Bertz CT molecular complexity index is 895. The van der Waals surface area contributed by atoms with Crippen LogP contribution in [0.4, 0.5) is 5.69 Å². The summed E-state index contributed by atoms with van der Waals surface area (Å²) in [4.78, 5) is 13.0. The Balaban J connectivity index is 2.14. The van der Waals surface area contributed by atoms with E-state index in [1.807, 2.05) is 0 Å². The van der Waals surface area contributed by atoms with Crippen molar-refractivity contribution >= 4 is 21.6 Å². The second-order valence-corrected chi connectivity index (χ2v) is 7.40. The summed E-state index contributed by atoms with van der Waals surface area (Å²) in [5.41, 5.74) is 0.287.